The van der Waals surface area contributed by atoms with Gasteiger partial charge in [-0.1, -0.05) is 0 Å². The first-order valence-electron chi connectivity index (χ1n) is 2.82. The fraction of sp³-hybridized carbons (Fsp3) is 1.00. The molecule has 2 heterocycles. The van der Waals surface area contributed by atoms with E-state index in [0.717, 1.165) is 0 Å². The number of hydrogen-bond acceptors (Lipinski definition) is 12. The topological polar surface area (TPSA) is 185 Å². The molecule has 2 saturated heterocycles. The molecule has 104 valence electrons. The summed E-state index contributed by atoms with van der Waals surface area (Å²) in [5.74, 6) is 0. The van der Waals surface area contributed by atoms with E-state index < -0.39 is 37.4 Å². The average molecular weight is 495 g/mol. The van der Waals surface area contributed by atoms with Gasteiger partial charge in [-0.15, -0.1) is 0 Å². The molecule has 0 atom stereocenters. The van der Waals surface area contributed by atoms with Crippen molar-refractivity contribution in [2.75, 3.05) is 0 Å². The molecule has 0 bridgehead atoms. The van der Waals surface area contributed by atoms with Gasteiger partial charge in [-0.3, -0.25) is 8.42 Å². The third-order valence-electron chi connectivity index (χ3n) is 0.816. The third kappa shape index (κ3) is 5.64. The van der Waals surface area contributed by atoms with Crippen molar-refractivity contribution in [3.05, 3.63) is 0 Å². The molecule has 17 heavy (non-hydrogen) atoms. The molecule has 0 saturated carbocycles. The van der Waals surface area contributed by atoms with Gasteiger partial charge in [0, 0.05) is 10.4 Å². The molecule has 12 nitrogen and oxygen atoms in total. The monoisotopic (exact) mass is 495 g/mol. The quantitative estimate of drug-likeness (QED) is 0.243. The van der Waals surface area contributed by atoms with E-state index in [1.54, 1.807) is 0 Å². The molecule has 2 aliphatic rings. The smallest absolute Gasteiger partial charge is 0.759 e. The van der Waals surface area contributed by atoms with Crippen molar-refractivity contribution >= 4 is 31.2 Å². The number of rotatable bonds is 0. The second-order valence-electron chi connectivity index (χ2n) is 2.06. The molecule has 0 N–H and O–H groups in total. The summed E-state index contributed by atoms with van der Waals surface area (Å²) in [6.45, 7) is 0. The Kier molecular flexibility index (Phi) is 4.85. The first-order chi connectivity index (χ1) is 6.83. The first-order valence-corrected chi connectivity index (χ1v) is 6.82. The Labute approximate surface area is 109 Å². The summed E-state index contributed by atoms with van der Waals surface area (Å²) in [6.07, 6.45) is -2.36. The van der Waals surface area contributed by atoms with Gasteiger partial charge in [-0.2, -0.15) is 33.6 Å². The van der Waals surface area contributed by atoms with Crippen molar-refractivity contribution in [2.24, 2.45) is 0 Å². The minimum absolute atomic E-state index is 0. The first kappa shape index (κ1) is 17.3. The molecule has 2 fully saturated rings. The second-order valence-corrected chi connectivity index (χ2v) is 5.17. The van der Waals surface area contributed by atoms with Crippen LogP contribution in [0.2, 0.25) is 0 Å². The van der Waals surface area contributed by atoms with E-state index >= 15 is 0 Å². The maximum absolute atomic E-state index is 10.1. The van der Waals surface area contributed by atoms with Gasteiger partial charge in [0.25, 0.3) is 0 Å². The van der Waals surface area contributed by atoms with Gasteiger partial charge < -0.3 is 9.11 Å². The fourth-order valence-electron chi connectivity index (χ4n) is 0.568. The standard InChI is InChI=1S/CO8S2.H2O4S.Pt/c2-10(3)6-1(7-10)8-11(4,5)9-1;1-5(2,3)4;/h;(H2,1,2,3,4);/q;;+2/p-2. The molecule has 2 aliphatic heterocycles. The Bertz CT molecular complexity index is 502. The molecule has 2 rings (SSSR count). The molecule has 0 radical (unpaired) electrons. The summed E-state index contributed by atoms with van der Waals surface area (Å²) in [4.78, 5) is 0. The van der Waals surface area contributed by atoms with Crippen molar-refractivity contribution in [1.82, 2.24) is 0 Å². The van der Waals surface area contributed by atoms with Crippen molar-refractivity contribution in [2.45, 2.75) is 6.16 Å². The molecule has 0 aromatic rings. The van der Waals surface area contributed by atoms with E-state index in [-0.39, 0.29) is 21.1 Å². The Morgan fingerprint density at radius 3 is 1.12 bits per heavy atom. The second kappa shape index (κ2) is 4.76. The normalized spacial score (nSPS) is 26.5. The summed E-state index contributed by atoms with van der Waals surface area (Å²) in [7, 11) is -13.4. The van der Waals surface area contributed by atoms with Crippen LogP contribution in [-0.4, -0.2) is 40.5 Å². The minimum Gasteiger partial charge on any atom is -0.759 e. The molecule has 16 heteroatoms. The van der Waals surface area contributed by atoms with Gasteiger partial charge in [0.05, 0.1) is 0 Å². The van der Waals surface area contributed by atoms with E-state index in [9.17, 15) is 16.8 Å². The van der Waals surface area contributed by atoms with Gasteiger partial charge in [-0.05, 0) is 0 Å². The van der Waals surface area contributed by atoms with E-state index in [0.29, 0.717) is 0 Å². The van der Waals surface area contributed by atoms with Gasteiger partial charge in [-0.25, -0.2) is 0 Å². The SMILES string of the molecule is O=S(=O)([O-])[O-].O=S1(=O)OC2(O1)OS(=O)(=O)O2.[Pt+2]. The van der Waals surface area contributed by atoms with Gasteiger partial charge in [0.15, 0.2) is 0 Å². The van der Waals surface area contributed by atoms with E-state index in [2.05, 4.69) is 16.7 Å². The van der Waals surface area contributed by atoms with Gasteiger partial charge in [0.2, 0.25) is 0 Å². The maximum atomic E-state index is 10.1. The molecule has 0 aromatic carbocycles. The number of hydrogen-bond donors (Lipinski definition) is 0. The van der Waals surface area contributed by atoms with Crippen LogP contribution < -0.4 is 0 Å². The molecule has 1 spiro atoms. The Morgan fingerprint density at radius 1 is 0.824 bits per heavy atom. The van der Waals surface area contributed by atoms with Crippen molar-refractivity contribution in [3.8, 4) is 0 Å². The van der Waals surface area contributed by atoms with Crippen molar-refractivity contribution in [3.63, 3.8) is 0 Å². The molecule has 0 aromatic heterocycles. The average Bonchev–Trinajstić information content (AvgIpc) is 1.71. The molecule has 0 aliphatic carbocycles. The zero-order valence-electron chi connectivity index (χ0n) is 6.94. The summed E-state index contributed by atoms with van der Waals surface area (Å²) in [5.41, 5.74) is 0. The molecular formula is CO12PtS3. The van der Waals surface area contributed by atoms with Crippen LogP contribution in [0.15, 0.2) is 0 Å². The van der Waals surface area contributed by atoms with Crippen molar-refractivity contribution in [1.29, 1.82) is 0 Å². The zero-order chi connectivity index (χ0) is 12.8. The minimum atomic E-state index is -5.17. The fourth-order valence-corrected chi connectivity index (χ4v) is 2.04. The summed E-state index contributed by atoms with van der Waals surface area (Å²) in [6, 6.07) is 0. The van der Waals surface area contributed by atoms with Gasteiger partial charge in [0.1, 0.15) is 0 Å². The Hall–Kier alpha value is 0.298. The van der Waals surface area contributed by atoms with Crippen LogP contribution in [0, 0.1) is 0 Å². The predicted molar refractivity (Wildman–Crippen MR) is 35.4 cm³/mol. The largest absolute Gasteiger partial charge is 2.00 e. The van der Waals surface area contributed by atoms with Crippen molar-refractivity contribution < 1.29 is 72.2 Å². The van der Waals surface area contributed by atoms with Crippen LogP contribution in [0.4, 0.5) is 0 Å². The van der Waals surface area contributed by atoms with Crippen LogP contribution in [0.1, 0.15) is 0 Å². The molecular weight excluding hydrogens is 495 g/mol. The van der Waals surface area contributed by atoms with Crippen LogP contribution in [0.3, 0.4) is 0 Å². The predicted octanol–water partition coefficient (Wildman–Crippen LogP) is -3.16. The molecule has 0 unspecified atom stereocenters. The van der Waals surface area contributed by atoms with Gasteiger partial charge >= 0.3 is 48.0 Å². The molecule has 0 amide bonds. The van der Waals surface area contributed by atoms with E-state index in [1.165, 1.54) is 0 Å². The van der Waals surface area contributed by atoms with E-state index in [4.69, 9.17) is 17.5 Å². The maximum Gasteiger partial charge on any atom is 2.00 e. The Balaban J connectivity index is 0.000000373. The zero-order valence-corrected chi connectivity index (χ0v) is 11.7. The van der Waals surface area contributed by atoms with E-state index in [1.807, 2.05) is 0 Å². The third-order valence-corrected chi connectivity index (χ3v) is 2.45. The van der Waals surface area contributed by atoms with Crippen LogP contribution in [-0.2, 0) is 69.0 Å². The Morgan fingerprint density at radius 2 is 1.00 bits per heavy atom. The van der Waals surface area contributed by atoms with Crippen LogP contribution in [0.25, 0.3) is 0 Å². The summed E-state index contributed by atoms with van der Waals surface area (Å²) < 4.78 is 89.8. The van der Waals surface area contributed by atoms with Crippen LogP contribution >= 0.6 is 0 Å². The summed E-state index contributed by atoms with van der Waals surface area (Å²) >= 11 is 0. The van der Waals surface area contributed by atoms with Crippen LogP contribution in [0.5, 0.6) is 0 Å². The summed E-state index contributed by atoms with van der Waals surface area (Å²) in [5, 5.41) is 0.